The minimum Gasteiger partial charge on any atom is -0.375 e. The molecule has 2 aromatic carbocycles. The van der Waals surface area contributed by atoms with Crippen molar-refractivity contribution in [2.45, 2.75) is 37.9 Å². The molecular weight excluding hydrogens is 428 g/mol. The number of carbonyl (C=O) groups excluding carboxylic acids is 2. The summed E-state index contributed by atoms with van der Waals surface area (Å²) in [5, 5.41) is 14.7. The lowest BCUT2D eigenvalue weighted by Gasteiger charge is -2.33. The summed E-state index contributed by atoms with van der Waals surface area (Å²) in [7, 11) is 0. The Balaban J connectivity index is 1.09. The zero-order valence-corrected chi connectivity index (χ0v) is 19.6. The highest BCUT2D eigenvalue weighted by Crippen LogP contribution is 2.51. The van der Waals surface area contributed by atoms with E-state index in [-0.39, 0.29) is 24.3 Å². The van der Waals surface area contributed by atoms with E-state index in [1.165, 1.54) is 0 Å². The van der Waals surface area contributed by atoms with E-state index in [2.05, 4.69) is 5.32 Å². The van der Waals surface area contributed by atoms with Crippen LogP contribution in [0.15, 0.2) is 60.7 Å². The van der Waals surface area contributed by atoms with Crippen molar-refractivity contribution in [2.24, 2.45) is 23.7 Å². The molecule has 2 saturated carbocycles. The van der Waals surface area contributed by atoms with E-state index in [0.29, 0.717) is 36.5 Å². The van der Waals surface area contributed by atoms with Gasteiger partial charge in [0.25, 0.3) is 5.91 Å². The highest BCUT2D eigenvalue weighted by molar-refractivity contribution is 5.86. The normalized spacial score (nSPS) is 25.6. The van der Waals surface area contributed by atoms with E-state index in [9.17, 15) is 14.7 Å². The van der Waals surface area contributed by atoms with Gasteiger partial charge in [-0.3, -0.25) is 9.59 Å². The summed E-state index contributed by atoms with van der Waals surface area (Å²) in [5.41, 5.74) is 0.269. The van der Waals surface area contributed by atoms with Crippen molar-refractivity contribution in [3.63, 3.8) is 0 Å². The molecule has 3 aliphatic rings. The molecule has 2 aliphatic carbocycles. The van der Waals surface area contributed by atoms with E-state index >= 15 is 0 Å². The number of likely N-dealkylation sites (tertiary alicyclic amines) is 1. The third-order valence-corrected chi connectivity index (χ3v) is 8.07. The van der Waals surface area contributed by atoms with Crippen LogP contribution in [0.5, 0.6) is 0 Å². The van der Waals surface area contributed by atoms with Crippen LogP contribution >= 0.6 is 0 Å². The molecule has 0 bridgehead atoms. The van der Waals surface area contributed by atoms with Crippen LogP contribution in [0.3, 0.4) is 0 Å². The van der Waals surface area contributed by atoms with Gasteiger partial charge in [-0.25, -0.2) is 0 Å². The number of hydrogen-bond acceptors (Lipinski definition) is 4. The molecule has 2 N–H and O–H groups in total. The second-order valence-electron chi connectivity index (χ2n) is 10.1. The molecule has 2 aromatic rings. The van der Waals surface area contributed by atoms with Gasteiger partial charge in [0.2, 0.25) is 5.91 Å². The number of benzene rings is 2. The van der Waals surface area contributed by atoms with Crippen molar-refractivity contribution >= 4 is 11.8 Å². The van der Waals surface area contributed by atoms with Gasteiger partial charge < -0.3 is 20.1 Å². The summed E-state index contributed by atoms with van der Waals surface area (Å²) in [4.78, 5) is 27.7. The van der Waals surface area contributed by atoms with Crippen LogP contribution in [-0.4, -0.2) is 48.1 Å². The maximum Gasteiger partial charge on any atom is 0.256 e. The summed E-state index contributed by atoms with van der Waals surface area (Å²) in [5.74, 6) is 0.937. The quantitative estimate of drug-likeness (QED) is 0.600. The Kier molecular flexibility index (Phi) is 6.70. The number of carbonyl (C=O) groups is 2. The SMILES string of the molecule is O=C(COCc1ccccc1)N1CC2C(CNC(=O)C(O)(c3ccccc3)C3CCCC3)[C@H]2C1. The molecule has 3 unspecified atom stereocenters. The highest BCUT2D eigenvalue weighted by Gasteiger charge is 2.57. The average Bonchev–Trinajstić information content (AvgIpc) is 3.26. The third-order valence-electron chi connectivity index (χ3n) is 8.07. The first-order chi connectivity index (χ1) is 16.6. The Hall–Kier alpha value is -2.70. The lowest BCUT2D eigenvalue weighted by atomic mass is 9.79. The van der Waals surface area contributed by atoms with Gasteiger partial charge >= 0.3 is 0 Å². The Morgan fingerprint density at radius 2 is 1.59 bits per heavy atom. The number of rotatable bonds is 9. The summed E-state index contributed by atoms with van der Waals surface area (Å²) < 4.78 is 5.60. The minimum absolute atomic E-state index is 0.0330. The van der Waals surface area contributed by atoms with Crippen LogP contribution in [0.4, 0.5) is 0 Å². The molecule has 3 fully saturated rings. The topological polar surface area (TPSA) is 78.9 Å². The number of nitrogens with one attached hydrogen (secondary N) is 1. The van der Waals surface area contributed by atoms with Gasteiger partial charge in [0.15, 0.2) is 5.60 Å². The predicted molar refractivity (Wildman–Crippen MR) is 128 cm³/mol. The zero-order valence-electron chi connectivity index (χ0n) is 19.6. The molecule has 1 aliphatic heterocycles. The second-order valence-corrected chi connectivity index (χ2v) is 10.1. The Labute approximate surface area is 201 Å². The average molecular weight is 463 g/mol. The summed E-state index contributed by atoms with van der Waals surface area (Å²) in [6.07, 6.45) is 3.85. The molecule has 1 heterocycles. The molecule has 34 heavy (non-hydrogen) atoms. The predicted octanol–water partition coefficient (Wildman–Crippen LogP) is 3.10. The lowest BCUT2D eigenvalue weighted by Crippen LogP contribution is -2.49. The van der Waals surface area contributed by atoms with Gasteiger partial charge in [-0.15, -0.1) is 0 Å². The number of nitrogens with zero attached hydrogens (tertiary/aromatic N) is 1. The van der Waals surface area contributed by atoms with Crippen LogP contribution in [0.1, 0.15) is 36.8 Å². The van der Waals surface area contributed by atoms with Gasteiger partial charge in [-0.05, 0) is 41.7 Å². The molecule has 6 heteroatoms. The van der Waals surface area contributed by atoms with Gasteiger partial charge in [-0.2, -0.15) is 0 Å². The fourth-order valence-electron chi connectivity index (χ4n) is 6.01. The first-order valence-corrected chi connectivity index (χ1v) is 12.5. The number of fused-ring (bicyclic) bond motifs is 1. The Morgan fingerprint density at radius 3 is 2.24 bits per heavy atom. The number of piperidine rings is 1. The highest BCUT2D eigenvalue weighted by atomic mass is 16.5. The first-order valence-electron chi connectivity index (χ1n) is 12.5. The van der Waals surface area contributed by atoms with Crippen molar-refractivity contribution in [3.05, 3.63) is 71.8 Å². The van der Waals surface area contributed by atoms with E-state index in [4.69, 9.17) is 4.74 Å². The Bertz CT molecular complexity index is 980. The van der Waals surface area contributed by atoms with E-state index in [1.807, 2.05) is 65.6 Å². The number of hydrogen-bond donors (Lipinski definition) is 2. The maximum absolute atomic E-state index is 13.3. The van der Waals surface area contributed by atoms with Crippen LogP contribution in [0.25, 0.3) is 0 Å². The molecule has 5 rings (SSSR count). The summed E-state index contributed by atoms with van der Waals surface area (Å²) >= 11 is 0. The molecule has 0 aromatic heterocycles. The van der Waals surface area contributed by atoms with Crippen molar-refractivity contribution in [1.82, 2.24) is 10.2 Å². The third kappa shape index (κ3) is 4.62. The standard InChI is InChI=1S/C28H34N2O4/c31-26(19-34-18-20-9-3-1-4-10-20)30-16-24-23(25(24)17-30)15-29-27(32)28(33,22-13-7-8-14-22)21-11-5-2-6-12-21/h1-6,9-12,22-25,33H,7-8,13-19H2,(H,29,32)/t23?,24-,25?,28?/m1/s1. The first kappa shape index (κ1) is 23.1. The Morgan fingerprint density at radius 1 is 0.971 bits per heavy atom. The van der Waals surface area contributed by atoms with Crippen molar-refractivity contribution < 1.29 is 19.4 Å². The number of aliphatic hydroxyl groups is 1. The number of ether oxygens (including phenoxy) is 1. The van der Waals surface area contributed by atoms with Crippen molar-refractivity contribution in [2.75, 3.05) is 26.2 Å². The molecule has 0 spiro atoms. The fourth-order valence-corrected chi connectivity index (χ4v) is 6.01. The smallest absolute Gasteiger partial charge is 0.256 e. The monoisotopic (exact) mass is 462 g/mol. The minimum atomic E-state index is -1.47. The largest absolute Gasteiger partial charge is 0.375 e. The molecule has 2 amide bonds. The summed E-state index contributed by atoms with van der Waals surface area (Å²) in [6, 6.07) is 19.2. The van der Waals surface area contributed by atoms with Gasteiger partial charge in [0.05, 0.1) is 6.61 Å². The van der Waals surface area contributed by atoms with Gasteiger partial charge in [-0.1, -0.05) is 73.5 Å². The summed E-state index contributed by atoms with van der Waals surface area (Å²) in [6.45, 7) is 2.55. The second kappa shape index (κ2) is 9.88. The maximum atomic E-state index is 13.3. The van der Waals surface area contributed by atoms with Crippen molar-refractivity contribution in [1.29, 1.82) is 0 Å². The van der Waals surface area contributed by atoms with E-state index < -0.39 is 5.60 Å². The van der Waals surface area contributed by atoms with Crippen LogP contribution in [0.2, 0.25) is 0 Å². The molecule has 4 atom stereocenters. The van der Waals surface area contributed by atoms with Crippen LogP contribution < -0.4 is 5.32 Å². The number of amides is 2. The molecule has 0 radical (unpaired) electrons. The molecule has 1 saturated heterocycles. The van der Waals surface area contributed by atoms with E-state index in [0.717, 1.165) is 44.3 Å². The lowest BCUT2D eigenvalue weighted by molar-refractivity contribution is -0.147. The molecular formula is C28H34N2O4. The van der Waals surface area contributed by atoms with Gasteiger partial charge in [0, 0.05) is 25.6 Å². The van der Waals surface area contributed by atoms with E-state index in [1.54, 1.807) is 0 Å². The van der Waals surface area contributed by atoms with Crippen LogP contribution in [0, 0.1) is 23.7 Å². The van der Waals surface area contributed by atoms with Gasteiger partial charge in [0.1, 0.15) is 6.61 Å². The fraction of sp³-hybridized carbons (Fsp3) is 0.500. The zero-order chi connectivity index (χ0) is 23.5. The van der Waals surface area contributed by atoms with Crippen LogP contribution in [-0.2, 0) is 26.5 Å². The van der Waals surface area contributed by atoms with Crippen molar-refractivity contribution in [3.8, 4) is 0 Å². The molecule has 180 valence electrons. The molecule has 6 nitrogen and oxygen atoms in total.